The monoisotopic (exact) mass is 127 g/mol. The van der Waals surface area contributed by atoms with Crippen molar-refractivity contribution in [3.05, 3.63) is 0 Å². The Bertz CT molecular complexity index is 62.8. The number of hydrogen-bond acceptors (Lipinski definition) is 0. The maximum Gasteiger partial charge on any atom is 0.0506 e. The third-order valence-electron chi connectivity index (χ3n) is 2.06. The van der Waals surface area contributed by atoms with Crippen LogP contribution in [-0.4, -0.2) is 8.80 Å². The summed E-state index contributed by atoms with van der Waals surface area (Å²) in [5.74, 6) is 0. The summed E-state index contributed by atoms with van der Waals surface area (Å²) in [4.78, 5) is 0. The minimum Gasteiger partial charge on any atom is -0.0654 e. The first-order valence-corrected chi connectivity index (χ1v) is 5.64. The summed E-state index contributed by atoms with van der Waals surface area (Å²) in [7, 11) is 0.171. The van der Waals surface area contributed by atoms with Gasteiger partial charge in [-0.1, -0.05) is 44.3 Å². The van der Waals surface area contributed by atoms with Crippen LogP contribution in [0.2, 0.25) is 17.6 Å². The SMILES string of the molecule is CC(C)[Si]1CCCC1. The van der Waals surface area contributed by atoms with Gasteiger partial charge in [0.1, 0.15) is 0 Å². The second kappa shape index (κ2) is 2.67. The van der Waals surface area contributed by atoms with Crippen LogP contribution >= 0.6 is 0 Å². The number of hydrogen-bond donors (Lipinski definition) is 0. The number of rotatable bonds is 1. The van der Waals surface area contributed by atoms with Crippen LogP contribution in [0, 0.1) is 0 Å². The average molecular weight is 127 g/mol. The fraction of sp³-hybridized carbons (Fsp3) is 1.00. The molecular weight excluding hydrogens is 112 g/mol. The largest absolute Gasteiger partial charge is 0.0654 e. The first-order valence-electron chi connectivity index (χ1n) is 3.65. The molecule has 0 aliphatic carbocycles. The molecule has 0 atom stereocenters. The van der Waals surface area contributed by atoms with E-state index in [4.69, 9.17) is 0 Å². The Hall–Kier alpha value is 0.217. The van der Waals surface area contributed by atoms with Crippen LogP contribution < -0.4 is 0 Å². The predicted octanol–water partition coefficient (Wildman–Crippen LogP) is 2.69. The normalized spacial score (nSPS) is 22.9. The van der Waals surface area contributed by atoms with Crippen molar-refractivity contribution in [2.45, 2.75) is 44.3 Å². The van der Waals surface area contributed by atoms with Crippen LogP contribution in [0.15, 0.2) is 0 Å². The van der Waals surface area contributed by atoms with Crippen molar-refractivity contribution >= 4 is 8.80 Å². The highest BCUT2D eigenvalue weighted by Crippen LogP contribution is 2.27. The van der Waals surface area contributed by atoms with Crippen molar-refractivity contribution < 1.29 is 0 Å². The Morgan fingerprint density at radius 3 is 1.88 bits per heavy atom. The van der Waals surface area contributed by atoms with Crippen molar-refractivity contribution in [1.29, 1.82) is 0 Å². The van der Waals surface area contributed by atoms with Crippen LogP contribution in [-0.2, 0) is 0 Å². The molecule has 47 valence electrons. The summed E-state index contributed by atoms with van der Waals surface area (Å²) in [6.45, 7) is 4.78. The van der Waals surface area contributed by atoms with Gasteiger partial charge in [-0.05, 0) is 0 Å². The molecule has 0 aromatic carbocycles. The molecule has 0 N–H and O–H groups in total. The molecule has 0 bridgehead atoms. The van der Waals surface area contributed by atoms with E-state index in [0.717, 1.165) is 5.54 Å². The summed E-state index contributed by atoms with van der Waals surface area (Å²) in [6, 6.07) is 3.20. The fourth-order valence-electron chi connectivity index (χ4n) is 1.41. The van der Waals surface area contributed by atoms with Gasteiger partial charge in [-0.2, -0.15) is 0 Å². The summed E-state index contributed by atoms with van der Waals surface area (Å²) >= 11 is 0. The smallest absolute Gasteiger partial charge is 0.0506 e. The quantitative estimate of drug-likeness (QED) is 0.475. The van der Waals surface area contributed by atoms with E-state index in [1.165, 1.54) is 12.8 Å². The first-order chi connectivity index (χ1) is 3.80. The Kier molecular flexibility index (Phi) is 2.12. The molecule has 0 aromatic heterocycles. The first kappa shape index (κ1) is 6.34. The van der Waals surface area contributed by atoms with Crippen molar-refractivity contribution in [3.63, 3.8) is 0 Å². The van der Waals surface area contributed by atoms with E-state index in [-0.39, 0.29) is 8.80 Å². The highest BCUT2D eigenvalue weighted by molar-refractivity contribution is 6.60. The van der Waals surface area contributed by atoms with Crippen molar-refractivity contribution in [2.24, 2.45) is 0 Å². The third kappa shape index (κ3) is 1.34. The van der Waals surface area contributed by atoms with Gasteiger partial charge in [0.15, 0.2) is 0 Å². The zero-order chi connectivity index (χ0) is 5.98. The molecule has 1 aliphatic heterocycles. The second-order valence-corrected chi connectivity index (χ2v) is 6.49. The molecule has 1 heteroatoms. The lowest BCUT2D eigenvalue weighted by Gasteiger charge is -2.08. The van der Waals surface area contributed by atoms with E-state index in [2.05, 4.69) is 13.8 Å². The Balaban J connectivity index is 2.24. The van der Waals surface area contributed by atoms with Crippen molar-refractivity contribution in [2.75, 3.05) is 0 Å². The van der Waals surface area contributed by atoms with Gasteiger partial charge in [0.2, 0.25) is 0 Å². The van der Waals surface area contributed by atoms with Crippen LogP contribution in [0.3, 0.4) is 0 Å². The van der Waals surface area contributed by atoms with E-state index >= 15 is 0 Å². The molecule has 0 unspecified atom stereocenters. The molecule has 0 nitrogen and oxygen atoms in total. The summed E-state index contributed by atoms with van der Waals surface area (Å²) in [6.07, 6.45) is 3.07. The lowest BCUT2D eigenvalue weighted by molar-refractivity contribution is 0.935. The molecule has 1 heterocycles. The molecule has 1 aliphatic rings. The van der Waals surface area contributed by atoms with Gasteiger partial charge < -0.3 is 0 Å². The maximum atomic E-state index is 2.39. The topological polar surface area (TPSA) is 0 Å². The molecule has 0 aromatic rings. The highest BCUT2D eigenvalue weighted by Gasteiger charge is 2.19. The van der Waals surface area contributed by atoms with Gasteiger partial charge in [0.05, 0.1) is 8.80 Å². The highest BCUT2D eigenvalue weighted by atomic mass is 28.3. The van der Waals surface area contributed by atoms with Gasteiger partial charge in [-0.25, -0.2) is 0 Å². The minimum absolute atomic E-state index is 0.171. The molecule has 0 spiro atoms. The van der Waals surface area contributed by atoms with Gasteiger partial charge in [0.25, 0.3) is 0 Å². The van der Waals surface area contributed by atoms with Crippen LogP contribution in [0.5, 0.6) is 0 Å². The van der Waals surface area contributed by atoms with E-state index in [9.17, 15) is 0 Å². The Morgan fingerprint density at radius 2 is 1.62 bits per heavy atom. The zero-order valence-corrected chi connectivity index (χ0v) is 6.91. The molecule has 1 fully saturated rings. The van der Waals surface area contributed by atoms with Crippen LogP contribution in [0.25, 0.3) is 0 Å². The van der Waals surface area contributed by atoms with E-state index in [1.54, 1.807) is 12.1 Å². The second-order valence-electron chi connectivity index (χ2n) is 3.02. The molecule has 0 amide bonds. The van der Waals surface area contributed by atoms with E-state index < -0.39 is 0 Å². The van der Waals surface area contributed by atoms with E-state index in [1.807, 2.05) is 0 Å². The van der Waals surface area contributed by atoms with Crippen LogP contribution in [0.4, 0.5) is 0 Å². The molecule has 1 rings (SSSR count). The Labute approximate surface area is 53.9 Å². The van der Waals surface area contributed by atoms with Crippen LogP contribution in [0.1, 0.15) is 26.7 Å². The lowest BCUT2D eigenvalue weighted by atomic mass is 10.4. The molecule has 8 heavy (non-hydrogen) atoms. The molecular formula is C7H15Si. The fourth-order valence-corrected chi connectivity index (χ4v) is 4.22. The standard InChI is InChI=1S/C7H15Si/c1-7(2)8-5-3-4-6-8/h7H,3-6H2,1-2H3. The summed E-state index contributed by atoms with van der Waals surface area (Å²) in [5, 5.41) is 0. The van der Waals surface area contributed by atoms with Crippen molar-refractivity contribution in [3.8, 4) is 0 Å². The maximum absolute atomic E-state index is 2.39. The van der Waals surface area contributed by atoms with Gasteiger partial charge >= 0.3 is 0 Å². The molecule has 1 radical (unpaired) electrons. The van der Waals surface area contributed by atoms with E-state index in [0.29, 0.717) is 0 Å². The molecule has 0 saturated carbocycles. The Morgan fingerprint density at radius 1 is 1.12 bits per heavy atom. The average Bonchev–Trinajstić information content (AvgIpc) is 2.12. The third-order valence-corrected chi connectivity index (χ3v) is 5.69. The van der Waals surface area contributed by atoms with Gasteiger partial charge in [-0.15, -0.1) is 0 Å². The van der Waals surface area contributed by atoms with Gasteiger partial charge in [0, 0.05) is 0 Å². The lowest BCUT2D eigenvalue weighted by Crippen LogP contribution is -2.09. The minimum atomic E-state index is 0.171. The summed E-state index contributed by atoms with van der Waals surface area (Å²) < 4.78 is 0. The zero-order valence-electron chi connectivity index (χ0n) is 5.91. The van der Waals surface area contributed by atoms with Gasteiger partial charge in [-0.3, -0.25) is 0 Å². The molecule has 1 saturated heterocycles. The summed E-state index contributed by atoms with van der Waals surface area (Å²) in [5.41, 5.74) is 1.04. The van der Waals surface area contributed by atoms with Crippen molar-refractivity contribution in [1.82, 2.24) is 0 Å². The predicted molar refractivity (Wildman–Crippen MR) is 39.7 cm³/mol.